The number of hydrogen-bond donors (Lipinski definition) is 1. The Morgan fingerprint density at radius 2 is 2.06 bits per heavy atom. The van der Waals surface area contributed by atoms with Crippen LogP contribution in [0.5, 0.6) is 0 Å². The third kappa shape index (κ3) is 2.23. The summed E-state index contributed by atoms with van der Waals surface area (Å²) in [6.45, 7) is 4.54. The molecule has 17 heavy (non-hydrogen) atoms. The minimum atomic E-state index is -0.122. The van der Waals surface area contributed by atoms with Crippen molar-refractivity contribution in [2.24, 2.45) is 5.92 Å². The van der Waals surface area contributed by atoms with Crippen molar-refractivity contribution in [3.05, 3.63) is 29.6 Å². The first-order valence-corrected chi connectivity index (χ1v) is 7.25. The van der Waals surface area contributed by atoms with Crippen LogP contribution in [0.15, 0.2) is 23.1 Å². The molecule has 0 bridgehead atoms. The van der Waals surface area contributed by atoms with Gasteiger partial charge in [-0.1, -0.05) is 19.9 Å². The lowest BCUT2D eigenvalue weighted by Gasteiger charge is -2.36. The van der Waals surface area contributed by atoms with Gasteiger partial charge in [0.25, 0.3) is 0 Å². The Morgan fingerprint density at radius 3 is 2.76 bits per heavy atom. The summed E-state index contributed by atoms with van der Waals surface area (Å²) < 4.78 is 13.3. The third-order valence-electron chi connectivity index (χ3n) is 3.88. The van der Waals surface area contributed by atoms with Crippen LogP contribution in [0, 0.1) is 11.7 Å². The maximum Gasteiger partial charge on any atom is 0.124 e. The Morgan fingerprint density at radius 1 is 1.29 bits per heavy atom. The van der Waals surface area contributed by atoms with Gasteiger partial charge in [0.15, 0.2) is 0 Å². The van der Waals surface area contributed by atoms with Gasteiger partial charge in [0.1, 0.15) is 5.82 Å². The SMILES string of the molecule is CC1Sc2cc(F)ccc2C(NC2CC2)C1C. The van der Waals surface area contributed by atoms with E-state index < -0.39 is 0 Å². The van der Waals surface area contributed by atoms with Crippen LogP contribution < -0.4 is 5.32 Å². The fourth-order valence-electron chi connectivity index (χ4n) is 2.47. The van der Waals surface area contributed by atoms with Crippen LogP contribution >= 0.6 is 11.8 Å². The molecule has 1 aromatic rings. The highest BCUT2D eigenvalue weighted by Crippen LogP contribution is 2.45. The number of rotatable bonds is 2. The van der Waals surface area contributed by atoms with E-state index in [0.29, 0.717) is 23.3 Å². The molecular weight excluding hydrogens is 233 g/mol. The van der Waals surface area contributed by atoms with E-state index in [1.807, 2.05) is 6.07 Å². The molecule has 1 fully saturated rings. The highest BCUT2D eigenvalue weighted by molar-refractivity contribution is 8.00. The second kappa shape index (κ2) is 4.29. The van der Waals surface area contributed by atoms with Crippen LogP contribution in [0.4, 0.5) is 4.39 Å². The van der Waals surface area contributed by atoms with E-state index in [4.69, 9.17) is 0 Å². The molecule has 0 amide bonds. The lowest BCUT2D eigenvalue weighted by atomic mass is 9.91. The number of fused-ring (bicyclic) bond motifs is 1. The second-order valence-corrected chi connectivity index (χ2v) is 6.70. The van der Waals surface area contributed by atoms with Gasteiger partial charge < -0.3 is 5.32 Å². The monoisotopic (exact) mass is 251 g/mol. The number of halogens is 1. The molecule has 2 aliphatic rings. The molecule has 1 aromatic carbocycles. The Hall–Kier alpha value is -0.540. The van der Waals surface area contributed by atoms with Gasteiger partial charge in [-0.15, -0.1) is 11.8 Å². The predicted octanol–water partition coefficient (Wildman–Crippen LogP) is 3.75. The lowest BCUT2D eigenvalue weighted by molar-refractivity contribution is 0.369. The molecule has 0 radical (unpaired) electrons. The summed E-state index contributed by atoms with van der Waals surface area (Å²) in [5.41, 5.74) is 1.29. The zero-order valence-corrected chi connectivity index (χ0v) is 11.1. The first-order chi connectivity index (χ1) is 8.15. The molecule has 3 unspecified atom stereocenters. The van der Waals surface area contributed by atoms with Crippen LogP contribution in [0.1, 0.15) is 38.3 Å². The fraction of sp³-hybridized carbons (Fsp3) is 0.571. The van der Waals surface area contributed by atoms with Gasteiger partial charge >= 0.3 is 0 Å². The molecule has 3 heteroatoms. The molecular formula is C14H18FNS. The van der Waals surface area contributed by atoms with E-state index in [1.54, 1.807) is 23.9 Å². The van der Waals surface area contributed by atoms with Crippen LogP contribution in [-0.4, -0.2) is 11.3 Å². The molecule has 1 aliphatic carbocycles. The molecule has 0 aromatic heterocycles. The van der Waals surface area contributed by atoms with Crippen LogP contribution in [0.2, 0.25) is 0 Å². The molecule has 0 spiro atoms. The van der Waals surface area contributed by atoms with Gasteiger partial charge in [0.05, 0.1) is 0 Å². The van der Waals surface area contributed by atoms with Crippen molar-refractivity contribution in [2.45, 2.75) is 48.9 Å². The first kappa shape index (κ1) is 11.5. The highest BCUT2D eigenvalue weighted by Gasteiger charge is 2.35. The van der Waals surface area contributed by atoms with Crippen molar-refractivity contribution in [3.8, 4) is 0 Å². The van der Waals surface area contributed by atoms with Crippen molar-refractivity contribution in [3.63, 3.8) is 0 Å². The molecule has 1 saturated carbocycles. The van der Waals surface area contributed by atoms with Crippen molar-refractivity contribution in [2.75, 3.05) is 0 Å². The average molecular weight is 251 g/mol. The minimum absolute atomic E-state index is 0.122. The van der Waals surface area contributed by atoms with Crippen LogP contribution in [0.3, 0.4) is 0 Å². The topological polar surface area (TPSA) is 12.0 Å². The van der Waals surface area contributed by atoms with E-state index >= 15 is 0 Å². The molecule has 1 nitrogen and oxygen atoms in total. The quantitative estimate of drug-likeness (QED) is 0.859. The van der Waals surface area contributed by atoms with E-state index in [0.717, 1.165) is 4.90 Å². The van der Waals surface area contributed by atoms with Crippen molar-refractivity contribution < 1.29 is 4.39 Å². The zero-order chi connectivity index (χ0) is 12.0. The van der Waals surface area contributed by atoms with E-state index in [1.165, 1.54) is 18.4 Å². The number of hydrogen-bond acceptors (Lipinski definition) is 2. The van der Waals surface area contributed by atoms with E-state index in [-0.39, 0.29) is 5.82 Å². The summed E-state index contributed by atoms with van der Waals surface area (Å²) >= 11 is 1.81. The third-order valence-corrected chi connectivity index (χ3v) is 5.29. The smallest absolute Gasteiger partial charge is 0.124 e. The van der Waals surface area contributed by atoms with Crippen molar-refractivity contribution >= 4 is 11.8 Å². The maximum atomic E-state index is 13.3. The first-order valence-electron chi connectivity index (χ1n) is 6.37. The largest absolute Gasteiger partial charge is 0.307 e. The second-order valence-electron chi connectivity index (χ2n) is 5.28. The summed E-state index contributed by atoms with van der Waals surface area (Å²) in [5.74, 6) is 0.474. The van der Waals surface area contributed by atoms with Gasteiger partial charge in [-0.05, 0) is 36.5 Å². The summed E-state index contributed by atoms with van der Waals surface area (Å²) in [5, 5.41) is 4.26. The van der Waals surface area contributed by atoms with E-state index in [9.17, 15) is 4.39 Å². The standard InChI is InChI=1S/C14H18FNS/c1-8-9(2)17-13-7-10(15)3-6-12(13)14(8)16-11-4-5-11/h3,6-9,11,14,16H,4-5H2,1-2H3. The number of benzene rings is 1. The van der Waals surface area contributed by atoms with Crippen LogP contribution in [0.25, 0.3) is 0 Å². The van der Waals surface area contributed by atoms with Gasteiger partial charge in [0, 0.05) is 22.2 Å². The van der Waals surface area contributed by atoms with Crippen LogP contribution in [-0.2, 0) is 0 Å². The predicted molar refractivity (Wildman–Crippen MR) is 69.8 cm³/mol. The van der Waals surface area contributed by atoms with Gasteiger partial charge in [-0.25, -0.2) is 4.39 Å². The molecule has 3 atom stereocenters. The fourth-order valence-corrected chi connectivity index (χ4v) is 3.76. The van der Waals surface area contributed by atoms with Crippen molar-refractivity contribution in [1.82, 2.24) is 5.32 Å². The molecule has 3 rings (SSSR count). The molecule has 92 valence electrons. The Bertz CT molecular complexity index is 430. The number of nitrogens with one attached hydrogen (secondary N) is 1. The summed E-state index contributed by atoms with van der Waals surface area (Å²) in [6, 6.07) is 6.32. The molecule has 1 aliphatic heterocycles. The van der Waals surface area contributed by atoms with Gasteiger partial charge in [-0.3, -0.25) is 0 Å². The highest BCUT2D eigenvalue weighted by atomic mass is 32.2. The van der Waals surface area contributed by atoms with Gasteiger partial charge in [-0.2, -0.15) is 0 Å². The zero-order valence-electron chi connectivity index (χ0n) is 10.2. The molecule has 1 heterocycles. The number of thioether (sulfide) groups is 1. The minimum Gasteiger partial charge on any atom is -0.307 e. The lowest BCUT2D eigenvalue weighted by Crippen LogP contribution is -2.35. The normalized spacial score (nSPS) is 32.3. The summed E-state index contributed by atoms with van der Waals surface area (Å²) in [7, 11) is 0. The Labute approximate surface area is 106 Å². The van der Waals surface area contributed by atoms with Gasteiger partial charge in [0.2, 0.25) is 0 Å². The average Bonchev–Trinajstić information content (AvgIpc) is 3.08. The van der Waals surface area contributed by atoms with Crippen molar-refractivity contribution in [1.29, 1.82) is 0 Å². The summed E-state index contributed by atoms with van der Waals surface area (Å²) in [6.07, 6.45) is 2.59. The Kier molecular flexibility index (Phi) is 2.91. The molecule has 0 saturated heterocycles. The summed E-state index contributed by atoms with van der Waals surface area (Å²) in [4.78, 5) is 1.12. The van der Waals surface area contributed by atoms with E-state index in [2.05, 4.69) is 19.2 Å². The molecule has 1 N–H and O–H groups in total. The maximum absolute atomic E-state index is 13.3. The Balaban J connectivity index is 1.95.